The van der Waals surface area contributed by atoms with E-state index in [1.54, 1.807) is 6.92 Å². The normalized spacial score (nSPS) is 23.5. The van der Waals surface area contributed by atoms with Gasteiger partial charge in [-0.25, -0.2) is 8.42 Å². The Hall–Kier alpha value is -0.130. The number of likely N-dealkylation sites (tertiary alicyclic amines) is 1. The molecule has 0 aliphatic carbocycles. The van der Waals surface area contributed by atoms with E-state index in [0.29, 0.717) is 24.9 Å². The molecule has 0 bridgehead atoms. The van der Waals surface area contributed by atoms with E-state index in [9.17, 15) is 8.42 Å². The monoisotopic (exact) mass is 248 g/mol. The second-order valence-electron chi connectivity index (χ2n) is 4.50. The lowest BCUT2D eigenvalue weighted by atomic mass is 9.99. The van der Waals surface area contributed by atoms with E-state index in [-0.39, 0.29) is 5.75 Å². The molecule has 0 aromatic heterocycles. The maximum atomic E-state index is 11.5. The van der Waals surface area contributed by atoms with Crippen LogP contribution in [0.2, 0.25) is 0 Å². The molecule has 1 aliphatic rings. The Labute approximate surface area is 99.1 Å². The SMILES string of the molecule is CCS(=O)(=O)CCN1CCCCC1CCN. The lowest BCUT2D eigenvalue weighted by Gasteiger charge is -2.35. The molecule has 0 spiro atoms. The van der Waals surface area contributed by atoms with Crippen LogP contribution in [0.5, 0.6) is 0 Å². The first kappa shape index (κ1) is 13.9. The second-order valence-corrected chi connectivity index (χ2v) is 6.97. The summed E-state index contributed by atoms with van der Waals surface area (Å²) in [5.41, 5.74) is 5.58. The highest BCUT2D eigenvalue weighted by Gasteiger charge is 2.22. The van der Waals surface area contributed by atoms with E-state index in [0.717, 1.165) is 13.0 Å². The average Bonchev–Trinajstić information content (AvgIpc) is 2.28. The maximum absolute atomic E-state index is 11.5. The van der Waals surface area contributed by atoms with Gasteiger partial charge in [0.2, 0.25) is 0 Å². The van der Waals surface area contributed by atoms with E-state index in [1.807, 2.05) is 0 Å². The third-order valence-corrected chi connectivity index (χ3v) is 5.06. The smallest absolute Gasteiger partial charge is 0.151 e. The first-order valence-electron chi connectivity index (χ1n) is 6.23. The Balaban J connectivity index is 2.43. The van der Waals surface area contributed by atoms with Gasteiger partial charge in [-0.1, -0.05) is 13.3 Å². The van der Waals surface area contributed by atoms with Crippen LogP contribution in [0.4, 0.5) is 0 Å². The predicted octanol–water partition coefficient (Wildman–Crippen LogP) is 0.624. The van der Waals surface area contributed by atoms with Gasteiger partial charge in [-0.2, -0.15) is 0 Å². The van der Waals surface area contributed by atoms with E-state index in [4.69, 9.17) is 5.73 Å². The highest BCUT2D eigenvalue weighted by molar-refractivity contribution is 7.91. The van der Waals surface area contributed by atoms with Gasteiger partial charge >= 0.3 is 0 Å². The van der Waals surface area contributed by atoms with E-state index < -0.39 is 9.84 Å². The van der Waals surface area contributed by atoms with Gasteiger partial charge in [-0.05, 0) is 32.4 Å². The largest absolute Gasteiger partial charge is 0.330 e. The van der Waals surface area contributed by atoms with Crippen LogP contribution in [0.15, 0.2) is 0 Å². The molecule has 1 atom stereocenters. The van der Waals surface area contributed by atoms with Crippen LogP contribution in [0.1, 0.15) is 32.6 Å². The minimum absolute atomic E-state index is 0.252. The topological polar surface area (TPSA) is 63.4 Å². The predicted molar refractivity (Wildman–Crippen MR) is 67.2 cm³/mol. The molecule has 0 saturated carbocycles. The Kier molecular flexibility index (Phi) is 5.72. The van der Waals surface area contributed by atoms with E-state index in [1.165, 1.54) is 19.3 Å². The molecule has 5 heteroatoms. The minimum atomic E-state index is -2.83. The summed E-state index contributed by atoms with van der Waals surface area (Å²) >= 11 is 0. The van der Waals surface area contributed by atoms with Crippen LogP contribution in [-0.2, 0) is 9.84 Å². The molecule has 0 aromatic rings. The molecule has 1 aliphatic heterocycles. The summed E-state index contributed by atoms with van der Waals surface area (Å²) in [4.78, 5) is 2.31. The van der Waals surface area contributed by atoms with Crippen molar-refractivity contribution in [2.45, 2.75) is 38.6 Å². The van der Waals surface area contributed by atoms with Crippen molar-refractivity contribution in [1.29, 1.82) is 0 Å². The molecule has 0 aromatic carbocycles. The molecule has 1 saturated heterocycles. The van der Waals surface area contributed by atoms with Gasteiger partial charge in [-0.3, -0.25) is 4.90 Å². The van der Waals surface area contributed by atoms with Crippen LogP contribution < -0.4 is 5.73 Å². The fraction of sp³-hybridized carbons (Fsp3) is 1.00. The molecule has 16 heavy (non-hydrogen) atoms. The van der Waals surface area contributed by atoms with E-state index >= 15 is 0 Å². The van der Waals surface area contributed by atoms with Crippen molar-refractivity contribution >= 4 is 9.84 Å². The number of nitrogens with two attached hydrogens (primary N) is 1. The lowest BCUT2D eigenvalue weighted by molar-refractivity contribution is 0.151. The standard InChI is InChI=1S/C11H24N2O2S/c1-2-16(14,15)10-9-13-8-4-3-5-11(13)6-7-12/h11H,2-10,12H2,1H3. The summed E-state index contributed by atoms with van der Waals surface area (Å²) in [6.45, 7) is 4.12. The first-order chi connectivity index (χ1) is 7.59. The van der Waals surface area contributed by atoms with Crippen LogP contribution in [0.3, 0.4) is 0 Å². The Bertz CT molecular complexity index is 288. The molecule has 1 rings (SSSR count). The van der Waals surface area contributed by atoms with Gasteiger partial charge in [0.15, 0.2) is 9.84 Å². The first-order valence-corrected chi connectivity index (χ1v) is 8.05. The van der Waals surface area contributed by atoms with Crippen LogP contribution in [0.25, 0.3) is 0 Å². The van der Waals surface area contributed by atoms with Crippen LogP contribution >= 0.6 is 0 Å². The second kappa shape index (κ2) is 6.57. The molecular formula is C11H24N2O2S. The summed E-state index contributed by atoms with van der Waals surface area (Å²) in [7, 11) is -2.83. The Morgan fingerprint density at radius 1 is 1.38 bits per heavy atom. The van der Waals surface area contributed by atoms with Gasteiger partial charge in [0.25, 0.3) is 0 Å². The quantitative estimate of drug-likeness (QED) is 0.748. The highest BCUT2D eigenvalue weighted by Crippen LogP contribution is 2.18. The van der Waals surface area contributed by atoms with Gasteiger partial charge in [0.1, 0.15) is 0 Å². The summed E-state index contributed by atoms with van der Waals surface area (Å²) in [6, 6.07) is 0.505. The Morgan fingerprint density at radius 2 is 2.12 bits per heavy atom. The average molecular weight is 248 g/mol. The number of sulfone groups is 1. The molecule has 96 valence electrons. The molecule has 1 heterocycles. The zero-order valence-electron chi connectivity index (χ0n) is 10.2. The molecule has 2 N–H and O–H groups in total. The zero-order chi connectivity index (χ0) is 12.0. The number of hydrogen-bond donors (Lipinski definition) is 1. The summed E-state index contributed by atoms with van der Waals surface area (Å²) in [5, 5.41) is 0. The number of nitrogens with zero attached hydrogens (tertiary/aromatic N) is 1. The number of rotatable bonds is 6. The summed E-state index contributed by atoms with van der Waals surface area (Å²) in [6.07, 6.45) is 4.60. The van der Waals surface area contributed by atoms with Crippen molar-refractivity contribution < 1.29 is 8.42 Å². The van der Waals surface area contributed by atoms with Crippen molar-refractivity contribution in [2.24, 2.45) is 5.73 Å². The molecule has 4 nitrogen and oxygen atoms in total. The zero-order valence-corrected chi connectivity index (χ0v) is 11.0. The van der Waals surface area contributed by atoms with Crippen LogP contribution in [-0.4, -0.2) is 50.5 Å². The van der Waals surface area contributed by atoms with Gasteiger partial charge in [-0.15, -0.1) is 0 Å². The lowest BCUT2D eigenvalue weighted by Crippen LogP contribution is -2.43. The van der Waals surface area contributed by atoms with Crippen molar-refractivity contribution in [3.63, 3.8) is 0 Å². The van der Waals surface area contributed by atoms with E-state index in [2.05, 4.69) is 4.90 Å². The minimum Gasteiger partial charge on any atom is -0.330 e. The van der Waals surface area contributed by atoms with Crippen molar-refractivity contribution in [2.75, 3.05) is 31.1 Å². The molecule has 0 amide bonds. The molecular weight excluding hydrogens is 224 g/mol. The number of hydrogen-bond acceptors (Lipinski definition) is 4. The number of piperidine rings is 1. The third kappa shape index (κ3) is 4.39. The van der Waals surface area contributed by atoms with Gasteiger partial charge in [0.05, 0.1) is 5.75 Å². The van der Waals surface area contributed by atoms with Crippen molar-refractivity contribution in [3.05, 3.63) is 0 Å². The fourth-order valence-corrected chi connectivity index (χ4v) is 3.08. The van der Waals surface area contributed by atoms with Crippen molar-refractivity contribution in [3.8, 4) is 0 Å². The van der Waals surface area contributed by atoms with Gasteiger partial charge < -0.3 is 5.73 Å². The highest BCUT2D eigenvalue weighted by atomic mass is 32.2. The fourth-order valence-electron chi connectivity index (χ4n) is 2.27. The molecule has 0 radical (unpaired) electrons. The summed E-state index contributed by atoms with van der Waals surface area (Å²) < 4.78 is 22.9. The molecule has 1 unspecified atom stereocenters. The maximum Gasteiger partial charge on any atom is 0.151 e. The van der Waals surface area contributed by atoms with Crippen molar-refractivity contribution in [1.82, 2.24) is 4.90 Å². The summed E-state index contributed by atoms with van der Waals surface area (Å²) in [5.74, 6) is 0.549. The third-order valence-electron chi connectivity index (χ3n) is 3.38. The van der Waals surface area contributed by atoms with Gasteiger partial charge in [0, 0.05) is 18.3 Å². The van der Waals surface area contributed by atoms with Crippen LogP contribution in [0, 0.1) is 0 Å². The molecule has 1 fully saturated rings. The Morgan fingerprint density at radius 3 is 2.75 bits per heavy atom.